The van der Waals surface area contributed by atoms with Crippen molar-refractivity contribution in [3.05, 3.63) is 89.0 Å². The Morgan fingerprint density at radius 1 is 1.03 bits per heavy atom. The lowest BCUT2D eigenvalue weighted by molar-refractivity contribution is -0.142. The van der Waals surface area contributed by atoms with Gasteiger partial charge in [0.05, 0.1) is 26.7 Å². The molecule has 0 saturated heterocycles. The van der Waals surface area contributed by atoms with E-state index in [2.05, 4.69) is 30.4 Å². The SMILES string of the molecule is CCOC(=O)Cc1ccc(OC)c(-c2ccc(C)cc2CN(CC)C(=NCc2ccccc2)NC#N)c1. The summed E-state index contributed by atoms with van der Waals surface area (Å²) in [5.41, 5.74) is 5.98. The molecule has 0 saturated carbocycles. The highest BCUT2D eigenvalue weighted by Gasteiger charge is 2.17. The zero-order valence-electron chi connectivity index (χ0n) is 22.0. The molecule has 0 fully saturated rings. The highest BCUT2D eigenvalue weighted by molar-refractivity contribution is 5.82. The second-order valence-electron chi connectivity index (χ2n) is 8.55. The number of esters is 1. The van der Waals surface area contributed by atoms with E-state index in [0.717, 1.165) is 33.4 Å². The van der Waals surface area contributed by atoms with E-state index >= 15 is 0 Å². The number of carbonyl (C=O) groups excluding carboxylic acids is 1. The maximum absolute atomic E-state index is 12.1. The molecule has 3 aromatic rings. The maximum Gasteiger partial charge on any atom is 0.310 e. The van der Waals surface area contributed by atoms with Gasteiger partial charge in [-0.15, -0.1) is 0 Å². The zero-order chi connectivity index (χ0) is 26.6. The highest BCUT2D eigenvalue weighted by Crippen LogP contribution is 2.34. The van der Waals surface area contributed by atoms with Gasteiger partial charge in [0.25, 0.3) is 0 Å². The van der Waals surface area contributed by atoms with Crippen LogP contribution in [0.5, 0.6) is 5.75 Å². The largest absolute Gasteiger partial charge is 0.496 e. The van der Waals surface area contributed by atoms with Crippen molar-refractivity contribution in [3.8, 4) is 23.1 Å². The minimum atomic E-state index is -0.262. The van der Waals surface area contributed by atoms with Crippen LogP contribution in [0.3, 0.4) is 0 Å². The van der Waals surface area contributed by atoms with Crippen LogP contribution in [0.2, 0.25) is 0 Å². The summed E-state index contributed by atoms with van der Waals surface area (Å²) in [6.07, 6.45) is 2.22. The van der Waals surface area contributed by atoms with Crippen LogP contribution in [-0.4, -0.2) is 37.1 Å². The molecule has 0 aromatic heterocycles. The molecule has 37 heavy (non-hydrogen) atoms. The summed E-state index contributed by atoms with van der Waals surface area (Å²) in [6.45, 7) is 7.88. The summed E-state index contributed by atoms with van der Waals surface area (Å²) in [4.78, 5) is 18.9. The second kappa shape index (κ2) is 13.7. The van der Waals surface area contributed by atoms with Crippen LogP contribution in [0, 0.1) is 18.4 Å². The fourth-order valence-corrected chi connectivity index (χ4v) is 4.13. The lowest BCUT2D eigenvalue weighted by Crippen LogP contribution is -2.39. The number of nitrogens with one attached hydrogen (secondary N) is 1. The number of aryl methyl sites for hydroxylation is 1. The Morgan fingerprint density at radius 3 is 2.49 bits per heavy atom. The van der Waals surface area contributed by atoms with E-state index in [1.165, 1.54) is 0 Å². The van der Waals surface area contributed by atoms with E-state index in [4.69, 9.17) is 14.5 Å². The topological polar surface area (TPSA) is 87.0 Å². The lowest BCUT2D eigenvalue weighted by Gasteiger charge is -2.25. The van der Waals surface area contributed by atoms with Gasteiger partial charge in [-0.2, -0.15) is 5.26 Å². The fourth-order valence-electron chi connectivity index (χ4n) is 4.13. The van der Waals surface area contributed by atoms with E-state index in [1.54, 1.807) is 14.0 Å². The number of nitrogens with zero attached hydrogens (tertiary/aromatic N) is 3. The van der Waals surface area contributed by atoms with Crippen LogP contribution in [0.15, 0.2) is 71.7 Å². The summed E-state index contributed by atoms with van der Waals surface area (Å²) in [6, 6.07) is 22.0. The van der Waals surface area contributed by atoms with Crippen LogP contribution in [0.4, 0.5) is 0 Å². The molecule has 192 valence electrons. The summed E-state index contributed by atoms with van der Waals surface area (Å²) in [5, 5.41) is 12.2. The Hall–Kier alpha value is -4.31. The van der Waals surface area contributed by atoms with Crippen molar-refractivity contribution < 1.29 is 14.3 Å². The van der Waals surface area contributed by atoms with E-state index in [-0.39, 0.29) is 12.4 Å². The van der Waals surface area contributed by atoms with Crippen LogP contribution in [0.1, 0.15) is 36.1 Å². The number of hydrogen-bond donors (Lipinski definition) is 1. The standard InChI is InChI=1S/C30H34N4O3/c1-5-34(30(33-21-31)32-19-23-10-8-7-9-11-23)20-25-16-22(3)12-14-26(25)27-17-24(13-15-28(27)36-4)18-29(35)37-6-2/h7-17H,5-6,18-20H2,1-4H3,(H,32,33). The molecule has 3 rings (SSSR count). The van der Waals surface area contributed by atoms with Gasteiger partial charge < -0.3 is 14.4 Å². The van der Waals surface area contributed by atoms with Gasteiger partial charge in [0.15, 0.2) is 6.19 Å². The molecule has 0 bridgehead atoms. The Morgan fingerprint density at radius 2 is 1.81 bits per heavy atom. The first-order valence-electron chi connectivity index (χ1n) is 12.4. The van der Waals surface area contributed by atoms with Crippen molar-refractivity contribution >= 4 is 11.9 Å². The zero-order valence-corrected chi connectivity index (χ0v) is 22.0. The third-order valence-corrected chi connectivity index (χ3v) is 5.93. The van der Waals surface area contributed by atoms with Crippen LogP contribution < -0.4 is 10.1 Å². The second-order valence-corrected chi connectivity index (χ2v) is 8.55. The number of nitriles is 1. The number of carbonyl (C=O) groups is 1. The summed E-state index contributed by atoms with van der Waals surface area (Å²) < 4.78 is 10.8. The average molecular weight is 499 g/mol. The summed E-state index contributed by atoms with van der Waals surface area (Å²) >= 11 is 0. The summed E-state index contributed by atoms with van der Waals surface area (Å²) in [5.74, 6) is 0.972. The third-order valence-electron chi connectivity index (χ3n) is 5.93. The molecule has 1 N–H and O–H groups in total. The molecular weight excluding hydrogens is 464 g/mol. The van der Waals surface area contributed by atoms with Crippen molar-refractivity contribution in [2.24, 2.45) is 4.99 Å². The van der Waals surface area contributed by atoms with Crippen LogP contribution in [0.25, 0.3) is 11.1 Å². The molecule has 0 unspecified atom stereocenters. The van der Waals surface area contributed by atoms with E-state index in [1.807, 2.05) is 66.5 Å². The molecule has 7 heteroatoms. The first-order chi connectivity index (χ1) is 18.0. The van der Waals surface area contributed by atoms with Gasteiger partial charge in [0.2, 0.25) is 5.96 Å². The van der Waals surface area contributed by atoms with Crippen molar-refractivity contribution in [1.29, 1.82) is 5.26 Å². The number of aliphatic imine (C=N–C) groups is 1. The molecule has 0 atom stereocenters. The minimum absolute atomic E-state index is 0.190. The maximum atomic E-state index is 12.1. The number of benzene rings is 3. The van der Waals surface area contributed by atoms with Crippen LogP contribution >= 0.6 is 0 Å². The predicted molar refractivity (Wildman–Crippen MR) is 146 cm³/mol. The molecule has 0 aliphatic heterocycles. The molecule has 0 spiro atoms. The van der Waals surface area contributed by atoms with Gasteiger partial charge in [-0.3, -0.25) is 10.1 Å². The van der Waals surface area contributed by atoms with E-state index < -0.39 is 0 Å². The Bertz CT molecular complexity index is 1270. The Labute approximate surface area is 219 Å². The van der Waals surface area contributed by atoms with Crippen LogP contribution in [-0.2, 0) is 29.0 Å². The molecular formula is C30H34N4O3. The predicted octanol–water partition coefficient (Wildman–Crippen LogP) is 5.23. The molecule has 0 heterocycles. The lowest BCUT2D eigenvalue weighted by atomic mass is 9.94. The number of ether oxygens (including phenoxy) is 2. The molecule has 0 radical (unpaired) electrons. The van der Waals surface area contributed by atoms with E-state index in [0.29, 0.717) is 38.0 Å². The van der Waals surface area contributed by atoms with Crippen molar-refractivity contribution in [3.63, 3.8) is 0 Å². The Kier molecular flexibility index (Phi) is 10.1. The van der Waals surface area contributed by atoms with Crippen molar-refractivity contribution in [1.82, 2.24) is 10.2 Å². The number of hydrogen-bond acceptors (Lipinski definition) is 5. The van der Waals surface area contributed by atoms with Gasteiger partial charge in [-0.1, -0.05) is 60.2 Å². The number of rotatable bonds is 10. The smallest absolute Gasteiger partial charge is 0.310 e. The molecule has 0 aliphatic carbocycles. The van der Waals surface area contributed by atoms with E-state index in [9.17, 15) is 10.1 Å². The third kappa shape index (κ3) is 7.58. The summed E-state index contributed by atoms with van der Waals surface area (Å²) in [7, 11) is 1.64. The van der Waals surface area contributed by atoms with Gasteiger partial charge in [-0.05, 0) is 55.2 Å². The molecule has 0 aliphatic rings. The van der Waals surface area contributed by atoms with Gasteiger partial charge in [-0.25, -0.2) is 4.99 Å². The molecule has 0 amide bonds. The van der Waals surface area contributed by atoms with Gasteiger partial charge in [0, 0.05) is 18.7 Å². The quantitative estimate of drug-likeness (QED) is 0.136. The fraction of sp³-hybridized carbons (Fsp3) is 0.300. The molecule has 7 nitrogen and oxygen atoms in total. The number of guanidine groups is 1. The van der Waals surface area contributed by atoms with Crippen molar-refractivity contribution in [2.75, 3.05) is 20.3 Å². The number of methoxy groups -OCH3 is 1. The first kappa shape index (κ1) is 27.3. The average Bonchev–Trinajstić information content (AvgIpc) is 2.90. The normalized spacial score (nSPS) is 10.9. The Balaban J connectivity index is 1.98. The first-order valence-corrected chi connectivity index (χ1v) is 12.4. The van der Waals surface area contributed by atoms with Gasteiger partial charge >= 0.3 is 5.97 Å². The monoisotopic (exact) mass is 498 g/mol. The van der Waals surface area contributed by atoms with Crippen molar-refractivity contribution in [2.45, 2.75) is 40.3 Å². The van der Waals surface area contributed by atoms with Gasteiger partial charge in [0.1, 0.15) is 5.75 Å². The highest BCUT2D eigenvalue weighted by atomic mass is 16.5. The molecule has 3 aromatic carbocycles. The minimum Gasteiger partial charge on any atom is -0.496 e.